The molecule has 2 aromatic carbocycles. The molecule has 1 fully saturated rings. The Balaban J connectivity index is 0.000000485. The summed E-state index contributed by atoms with van der Waals surface area (Å²) in [5, 5.41) is 8.70. The molecule has 0 aromatic heterocycles. The topological polar surface area (TPSA) is 105 Å². The molecule has 0 bridgehead atoms. The number of aryl methyl sites for hydroxylation is 2. The molecular formula is C32H49FN4O2. The van der Waals surface area contributed by atoms with Crippen molar-refractivity contribution in [2.75, 3.05) is 39.9 Å². The van der Waals surface area contributed by atoms with Crippen molar-refractivity contribution in [2.45, 2.75) is 76.5 Å². The molecule has 0 unspecified atom stereocenters. The van der Waals surface area contributed by atoms with Gasteiger partial charge >= 0.3 is 0 Å². The Kier molecular flexibility index (Phi) is 14.7. The van der Waals surface area contributed by atoms with Gasteiger partial charge in [-0.2, -0.15) is 5.26 Å². The van der Waals surface area contributed by atoms with E-state index in [0.29, 0.717) is 23.8 Å². The summed E-state index contributed by atoms with van der Waals surface area (Å²) in [6, 6.07) is 14.2. The standard InChI is InChI=1S/C23H25FN2.C8H19NO.CH3NO.H2/c1-26-13-10-23(11-14-26)9-8-17-4-6-19(15-21(17)23)20-7-5-18(3-2-12-25)22(24)16-20;1-2-3-7-10-8-5-4-6-9;2-1-3;/h4-7,15-16H,2-3,8-11,13-14H2,1H3;2-9H2,1H3;1H,(H2,2,3);1H. The first-order valence-electron chi connectivity index (χ1n) is 14.4. The lowest BCUT2D eigenvalue weighted by Crippen LogP contribution is -2.39. The summed E-state index contributed by atoms with van der Waals surface area (Å²) in [5.74, 6) is -0.202. The summed E-state index contributed by atoms with van der Waals surface area (Å²) in [7, 11) is 2.20. The number of rotatable bonds is 10. The minimum atomic E-state index is -0.202. The van der Waals surface area contributed by atoms with Crippen molar-refractivity contribution in [3.63, 3.8) is 0 Å². The Morgan fingerprint density at radius 2 is 1.77 bits per heavy atom. The minimum Gasteiger partial charge on any atom is -0.381 e. The number of ether oxygens (including phenoxy) is 1. The van der Waals surface area contributed by atoms with E-state index >= 15 is 0 Å². The van der Waals surface area contributed by atoms with Gasteiger partial charge in [0.15, 0.2) is 0 Å². The Hall–Kier alpha value is -2.79. The van der Waals surface area contributed by atoms with E-state index in [9.17, 15) is 4.39 Å². The third-order valence-corrected chi connectivity index (χ3v) is 7.78. The fraction of sp³-hybridized carbons (Fsp3) is 0.562. The van der Waals surface area contributed by atoms with Gasteiger partial charge in [-0.3, -0.25) is 4.79 Å². The predicted molar refractivity (Wildman–Crippen MR) is 159 cm³/mol. The number of hydrogen-bond acceptors (Lipinski definition) is 5. The lowest BCUT2D eigenvalue weighted by Gasteiger charge is -2.39. The van der Waals surface area contributed by atoms with Crippen LogP contribution < -0.4 is 11.5 Å². The van der Waals surface area contributed by atoms with Crippen LogP contribution in [0.15, 0.2) is 36.4 Å². The fourth-order valence-corrected chi connectivity index (χ4v) is 5.36. The number of likely N-dealkylation sites (tertiary alicyclic amines) is 1. The Morgan fingerprint density at radius 1 is 1.10 bits per heavy atom. The average Bonchev–Trinajstić information content (AvgIpc) is 3.30. The zero-order valence-electron chi connectivity index (χ0n) is 23.9. The van der Waals surface area contributed by atoms with Crippen LogP contribution in [0.1, 0.15) is 76.4 Å². The number of benzene rings is 2. The largest absolute Gasteiger partial charge is 0.381 e. The van der Waals surface area contributed by atoms with Crippen LogP contribution in [0.25, 0.3) is 11.1 Å². The maximum absolute atomic E-state index is 14.4. The van der Waals surface area contributed by atoms with Gasteiger partial charge in [-0.25, -0.2) is 4.39 Å². The van der Waals surface area contributed by atoms with Gasteiger partial charge in [-0.15, -0.1) is 0 Å². The van der Waals surface area contributed by atoms with Gasteiger partial charge < -0.3 is 21.1 Å². The molecule has 39 heavy (non-hydrogen) atoms. The second-order valence-electron chi connectivity index (χ2n) is 10.5. The summed E-state index contributed by atoms with van der Waals surface area (Å²) < 4.78 is 19.7. The molecule has 4 N–H and O–H groups in total. The maximum Gasteiger partial charge on any atom is 0.204 e. The first-order valence-corrected chi connectivity index (χ1v) is 14.4. The lowest BCUT2D eigenvalue weighted by molar-refractivity contribution is -0.106. The Labute approximate surface area is 236 Å². The van der Waals surface area contributed by atoms with Crippen LogP contribution in [0.2, 0.25) is 0 Å². The predicted octanol–water partition coefficient (Wildman–Crippen LogP) is 5.75. The zero-order valence-corrected chi connectivity index (χ0v) is 23.9. The van der Waals surface area contributed by atoms with Gasteiger partial charge in [0.05, 0.1) is 6.07 Å². The molecule has 216 valence electrons. The number of hydrogen-bond donors (Lipinski definition) is 2. The van der Waals surface area contributed by atoms with Crippen LogP contribution in [0.5, 0.6) is 0 Å². The van der Waals surface area contributed by atoms with E-state index in [-0.39, 0.29) is 13.7 Å². The van der Waals surface area contributed by atoms with Crippen LogP contribution >= 0.6 is 0 Å². The van der Waals surface area contributed by atoms with E-state index in [4.69, 9.17) is 20.5 Å². The Morgan fingerprint density at radius 3 is 2.41 bits per heavy atom. The van der Waals surface area contributed by atoms with Crippen molar-refractivity contribution in [1.29, 1.82) is 5.26 Å². The molecule has 0 radical (unpaired) electrons. The number of piperidine rings is 1. The summed E-state index contributed by atoms with van der Waals surface area (Å²) >= 11 is 0. The van der Waals surface area contributed by atoms with E-state index in [2.05, 4.69) is 48.9 Å². The molecular weight excluding hydrogens is 491 g/mol. The highest BCUT2D eigenvalue weighted by Crippen LogP contribution is 2.47. The van der Waals surface area contributed by atoms with E-state index in [1.807, 2.05) is 12.1 Å². The Bertz CT molecular complexity index is 1040. The summed E-state index contributed by atoms with van der Waals surface area (Å²) in [5.41, 5.74) is 15.4. The fourth-order valence-electron chi connectivity index (χ4n) is 5.36. The van der Waals surface area contributed by atoms with E-state index in [1.54, 1.807) is 6.07 Å². The maximum atomic E-state index is 14.4. The molecule has 2 aliphatic rings. The normalized spacial score (nSPS) is 15.4. The number of unbranched alkanes of at least 4 members (excludes halogenated alkanes) is 2. The molecule has 1 saturated heterocycles. The van der Waals surface area contributed by atoms with Crippen molar-refractivity contribution >= 4 is 6.41 Å². The molecule has 7 heteroatoms. The number of amides is 1. The lowest BCUT2D eigenvalue weighted by atomic mass is 9.73. The van der Waals surface area contributed by atoms with Crippen molar-refractivity contribution in [3.8, 4) is 17.2 Å². The number of nitrogens with two attached hydrogens (primary N) is 2. The van der Waals surface area contributed by atoms with Gasteiger partial charge in [-0.05, 0) is 117 Å². The third-order valence-electron chi connectivity index (χ3n) is 7.78. The number of primary amides is 1. The van der Waals surface area contributed by atoms with Crippen LogP contribution in [0.4, 0.5) is 4.39 Å². The van der Waals surface area contributed by atoms with Gasteiger partial charge in [-0.1, -0.05) is 43.7 Å². The van der Waals surface area contributed by atoms with Crippen LogP contribution in [0, 0.1) is 17.1 Å². The zero-order chi connectivity index (χ0) is 28.5. The summed E-state index contributed by atoms with van der Waals surface area (Å²) in [6.45, 7) is 7.08. The van der Waals surface area contributed by atoms with E-state index in [0.717, 1.165) is 56.8 Å². The number of fused-ring (bicyclic) bond motifs is 2. The van der Waals surface area contributed by atoms with Gasteiger partial charge in [0.2, 0.25) is 6.41 Å². The van der Waals surface area contributed by atoms with Gasteiger partial charge in [0.25, 0.3) is 0 Å². The van der Waals surface area contributed by atoms with Crippen molar-refractivity contribution in [3.05, 3.63) is 58.9 Å². The monoisotopic (exact) mass is 540 g/mol. The first-order chi connectivity index (χ1) is 18.9. The number of carbonyl (C=O) groups excluding carboxylic acids is 1. The molecule has 6 nitrogen and oxygen atoms in total. The summed E-state index contributed by atoms with van der Waals surface area (Å²) in [4.78, 5) is 11.0. The molecule has 1 spiro atoms. The molecule has 0 atom stereocenters. The molecule has 1 aliphatic carbocycles. The molecule has 0 saturated carbocycles. The van der Waals surface area contributed by atoms with E-state index in [1.165, 1.54) is 49.7 Å². The average molecular weight is 541 g/mol. The van der Waals surface area contributed by atoms with Gasteiger partial charge in [0.1, 0.15) is 5.82 Å². The van der Waals surface area contributed by atoms with Crippen molar-refractivity contribution in [2.24, 2.45) is 11.5 Å². The highest BCUT2D eigenvalue weighted by molar-refractivity contribution is 5.66. The smallest absolute Gasteiger partial charge is 0.204 e. The molecule has 4 rings (SSSR count). The number of nitrogens with zero attached hydrogens (tertiary/aromatic N) is 2. The van der Waals surface area contributed by atoms with Crippen LogP contribution in [0.3, 0.4) is 0 Å². The third kappa shape index (κ3) is 10.0. The molecule has 1 amide bonds. The molecule has 1 heterocycles. The SMILES string of the molecule is CCCCOCCCCN.CN1CCC2(CCc3ccc(-c4ccc(CCC#N)c(F)c4)cc32)CC1.NC=O.[HH]. The first kappa shape index (κ1) is 32.4. The quantitative estimate of drug-likeness (QED) is 0.295. The number of halogens is 1. The highest BCUT2D eigenvalue weighted by atomic mass is 19.1. The van der Waals surface area contributed by atoms with Crippen LogP contribution in [-0.2, 0) is 27.8 Å². The van der Waals surface area contributed by atoms with Crippen molar-refractivity contribution in [1.82, 2.24) is 4.90 Å². The molecule has 1 aliphatic heterocycles. The van der Waals surface area contributed by atoms with Gasteiger partial charge in [0, 0.05) is 21.1 Å². The number of carbonyl (C=O) groups is 1. The minimum absolute atomic E-state index is 0. The number of nitriles is 1. The van der Waals surface area contributed by atoms with Crippen LogP contribution in [-0.4, -0.2) is 51.2 Å². The van der Waals surface area contributed by atoms with E-state index < -0.39 is 0 Å². The summed E-state index contributed by atoms with van der Waals surface area (Å²) in [6.07, 6.45) is 10.5. The highest BCUT2D eigenvalue weighted by Gasteiger charge is 2.40. The second kappa shape index (κ2) is 17.7. The molecule has 2 aromatic rings. The second-order valence-corrected chi connectivity index (χ2v) is 10.5. The van der Waals surface area contributed by atoms with Crippen molar-refractivity contribution < 1.29 is 15.3 Å².